The van der Waals surface area contributed by atoms with Crippen LogP contribution in [0.4, 0.5) is 11.8 Å². The molecule has 0 fully saturated rings. The fourth-order valence-corrected chi connectivity index (χ4v) is 0.979. The summed E-state index contributed by atoms with van der Waals surface area (Å²) in [4.78, 5) is 4.04. The summed E-state index contributed by atoms with van der Waals surface area (Å²) in [6, 6.07) is 1.77. The molecule has 2 aromatic rings. The number of aromatic nitrogens is 4. The quantitative estimate of drug-likeness (QED) is 0.607. The van der Waals surface area contributed by atoms with Gasteiger partial charge in [-0.15, -0.1) is 10.2 Å². The van der Waals surface area contributed by atoms with Crippen LogP contribution in [0.25, 0.3) is 5.65 Å². The second-order valence-corrected chi connectivity index (χ2v) is 2.31. The van der Waals surface area contributed by atoms with Crippen LogP contribution in [0, 0.1) is 0 Å². The van der Waals surface area contributed by atoms with Gasteiger partial charge in [0.2, 0.25) is 5.95 Å². The fourth-order valence-electron chi connectivity index (χ4n) is 0.979. The molecule has 0 aliphatic rings. The smallest absolute Gasteiger partial charge is 0.209 e. The van der Waals surface area contributed by atoms with E-state index in [4.69, 9.17) is 5.73 Å². The Morgan fingerprint density at radius 2 is 2.42 bits per heavy atom. The summed E-state index contributed by atoms with van der Waals surface area (Å²) in [7, 11) is 1.77. The summed E-state index contributed by atoms with van der Waals surface area (Å²) in [5, 5.41) is 10.4. The molecule has 0 aromatic carbocycles. The normalized spacial score (nSPS) is 10.4. The van der Waals surface area contributed by atoms with Crippen molar-refractivity contribution in [1.82, 2.24) is 19.6 Å². The van der Waals surface area contributed by atoms with Crippen LogP contribution in [0.3, 0.4) is 0 Å². The summed E-state index contributed by atoms with van der Waals surface area (Å²) < 4.78 is 1.61. The Morgan fingerprint density at radius 1 is 1.58 bits per heavy atom. The third kappa shape index (κ3) is 0.849. The van der Waals surface area contributed by atoms with Crippen LogP contribution in [0.15, 0.2) is 12.4 Å². The number of anilines is 2. The van der Waals surface area contributed by atoms with E-state index in [0.29, 0.717) is 17.4 Å². The number of rotatable bonds is 1. The maximum absolute atomic E-state index is 5.61. The number of hydrogen-bond donors (Lipinski definition) is 2. The molecule has 62 valence electrons. The molecule has 6 heteroatoms. The van der Waals surface area contributed by atoms with Gasteiger partial charge in [0, 0.05) is 13.1 Å². The molecule has 0 amide bonds. The molecule has 0 aliphatic heterocycles. The minimum absolute atomic E-state index is 0.377. The van der Waals surface area contributed by atoms with Gasteiger partial charge in [0.1, 0.15) is 12.1 Å². The first-order valence-electron chi connectivity index (χ1n) is 3.45. The van der Waals surface area contributed by atoms with Gasteiger partial charge in [-0.25, -0.2) is 0 Å². The van der Waals surface area contributed by atoms with Crippen molar-refractivity contribution in [3.8, 4) is 0 Å². The molecular formula is C6H8N6. The molecule has 0 spiro atoms. The van der Waals surface area contributed by atoms with Crippen molar-refractivity contribution in [3.63, 3.8) is 0 Å². The zero-order chi connectivity index (χ0) is 8.55. The molecule has 2 aromatic heterocycles. The summed E-state index contributed by atoms with van der Waals surface area (Å²) in [6.45, 7) is 0. The van der Waals surface area contributed by atoms with E-state index in [-0.39, 0.29) is 0 Å². The van der Waals surface area contributed by atoms with E-state index in [1.165, 1.54) is 6.33 Å². The number of fused-ring (bicyclic) bond motifs is 1. The van der Waals surface area contributed by atoms with Crippen LogP contribution in [0.2, 0.25) is 0 Å². The zero-order valence-electron chi connectivity index (χ0n) is 6.52. The summed E-state index contributed by atoms with van der Waals surface area (Å²) in [5.41, 5.74) is 6.30. The summed E-state index contributed by atoms with van der Waals surface area (Å²) >= 11 is 0. The average Bonchev–Trinajstić information content (AvgIpc) is 2.52. The number of nitrogens with zero attached hydrogens (tertiary/aromatic N) is 4. The standard InChI is InChI=1S/C6H8N6/c1-8-4-2-5-11-9-3-12(5)6(7)10-4/h2-3,8H,1H3,(H2,7,10). The molecule has 0 bridgehead atoms. The van der Waals surface area contributed by atoms with E-state index < -0.39 is 0 Å². The lowest BCUT2D eigenvalue weighted by Crippen LogP contribution is -2.02. The Labute approximate surface area is 68.4 Å². The van der Waals surface area contributed by atoms with Crippen LogP contribution in [-0.2, 0) is 0 Å². The molecule has 0 saturated carbocycles. The highest BCUT2D eigenvalue weighted by Gasteiger charge is 2.01. The van der Waals surface area contributed by atoms with Crippen molar-refractivity contribution in [2.75, 3.05) is 18.1 Å². The molecular weight excluding hydrogens is 156 g/mol. The van der Waals surface area contributed by atoms with Crippen molar-refractivity contribution in [2.45, 2.75) is 0 Å². The second kappa shape index (κ2) is 2.33. The summed E-state index contributed by atoms with van der Waals surface area (Å²) in [5.74, 6) is 1.06. The maximum Gasteiger partial charge on any atom is 0.209 e. The number of nitrogens with one attached hydrogen (secondary N) is 1. The Hall–Kier alpha value is -1.85. The van der Waals surface area contributed by atoms with Crippen molar-refractivity contribution in [3.05, 3.63) is 12.4 Å². The van der Waals surface area contributed by atoms with E-state index in [1.54, 1.807) is 17.5 Å². The molecule has 0 unspecified atom stereocenters. The molecule has 0 atom stereocenters. The van der Waals surface area contributed by atoms with E-state index in [0.717, 1.165) is 0 Å². The van der Waals surface area contributed by atoms with Gasteiger partial charge in [-0.05, 0) is 0 Å². The first-order valence-corrected chi connectivity index (χ1v) is 3.45. The third-order valence-electron chi connectivity index (χ3n) is 1.58. The highest BCUT2D eigenvalue weighted by atomic mass is 15.3. The third-order valence-corrected chi connectivity index (χ3v) is 1.58. The Morgan fingerprint density at radius 3 is 3.17 bits per heavy atom. The molecule has 12 heavy (non-hydrogen) atoms. The van der Waals surface area contributed by atoms with Crippen molar-refractivity contribution >= 4 is 17.4 Å². The molecule has 6 nitrogen and oxygen atoms in total. The van der Waals surface area contributed by atoms with Gasteiger partial charge in [0.25, 0.3) is 0 Å². The SMILES string of the molecule is CNc1cc2nncn2c(N)n1. The topological polar surface area (TPSA) is 81.1 Å². The van der Waals surface area contributed by atoms with Gasteiger partial charge in [-0.3, -0.25) is 4.40 Å². The molecule has 0 saturated heterocycles. The average molecular weight is 164 g/mol. The predicted octanol–water partition coefficient (Wildman–Crippen LogP) is -0.252. The summed E-state index contributed by atoms with van der Waals surface area (Å²) in [6.07, 6.45) is 1.52. The van der Waals surface area contributed by atoms with Gasteiger partial charge in [-0.2, -0.15) is 4.98 Å². The lowest BCUT2D eigenvalue weighted by Gasteiger charge is -2.01. The highest BCUT2D eigenvalue weighted by molar-refractivity contribution is 5.53. The number of hydrogen-bond acceptors (Lipinski definition) is 5. The van der Waals surface area contributed by atoms with Crippen LogP contribution >= 0.6 is 0 Å². The van der Waals surface area contributed by atoms with Gasteiger partial charge in [0.15, 0.2) is 5.65 Å². The van der Waals surface area contributed by atoms with Crippen LogP contribution in [0.1, 0.15) is 0 Å². The van der Waals surface area contributed by atoms with Gasteiger partial charge in [0.05, 0.1) is 0 Å². The van der Waals surface area contributed by atoms with Crippen LogP contribution < -0.4 is 11.1 Å². The Kier molecular flexibility index (Phi) is 1.33. The first-order chi connectivity index (χ1) is 5.81. The lowest BCUT2D eigenvalue weighted by molar-refractivity contribution is 1.08. The predicted molar refractivity (Wildman–Crippen MR) is 44.7 cm³/mol. The monoisotopic (exact) mass is 164 g/mol. The lowest BCUT2D eigenvalue weighted by atomic mass is 10.5. The second-order valence-electron chi connectivity index (χ2n) is 2.31. The van der Waals surface area contributed by atoms with Crippen molar-refractivity contribution < 1.29 is 0 Å². The Bertz CT molecular complexity index is 405. The largest absolute Gasteiger partial charge is 0.373 e. The van der Waals surface area contributed by atoms with E-state index in [1.807, 2.05) is 0 Å². The minimum atomic E-state index is 0.377. The van der Waals surface area contributed by atoms with E-state index in [9.17, 15) is 0 Å². The van der Waals surface area contributed by atoms with Gasteiger partial charge < -0.3 is 11.1 Å². The van der Waals surface area contributed by atoms with E-state index in [2.05, 4.69) is 20.5 Å². The molecule has 2 rings (SSSR count). The molecule has 3 N–H and O–H groups in total. The number of nitrogen functional groups attached to an aromatic ring is 1. The minimum Gasteiger partial charge on any atom is -0.373 e. The van der Waals surface area contributed by atoms with Gasteiger partial charge >= 0.3 is 0 Å². The van der Waals surface area contributed by atoms with Gasteiger partial charge in [-0.1, -0.05) is 0 Å². The number of nitrogens with two attached hydrogens (primary N) is 1. The molecule has 0 aliphatic carbocycles. The van der Waals surface area contributed by atoms with Crippen molar-refractivity contribution in [1.29, 1.82) is 0 Å². The maximum atomic E-state index is 5.61. The molecule has 2 heterocycles. The van der Waals surface area contributed by atoms with Crippen LogP contribution in [0.5, 0.6) is 0 Å². The highest BCUT2D eigenvalue weighted by Crippen LogP contribution is 2.09. The fraction of sp³-hybridized carbons (Fsp3) is 0.167. The zero-order valence-corrected chi connectivity index (χ0v) is 6.52. The van der Waals surface area contributed by atoms with Crippen molar-refractivity contribution in [2.24, 2.45) is 0 Å². The van der Waals surface area contributed by atoms with E-state index >= 15 is 0 Å². The van der Waals surface area contributed by atoms with Crippen LogP contribution in [-0.4, -0.2) is 26.6 Å². The first kappa shape index (κ1) is 6.84. The molecule has 0 radical (unpaired) electrons. The Balaban J connectivity index is 2.75.